The molecule has 0 atom stereocenters. The normalized spacial score (nSPS) is 10.3. The van der Waals surface area contributed by atoms with Crippen LogP contribution in [0, 0.1) is 6.92 Å². The molecule has 3 N–H and O–H groups in total. The molecule has 0 spiro atoms. The molecule has 0 radical (unpaired) electrons. The van der Waals surface area contributed by atoms with Crippen molar-refractivity contribution in [3.05, 3.63) is 64.7 Å². The number of anilines is 1. The number of aryl methyl sites for hydroxylation is 1. The molecule has 5 nitrogen and oxygen atoms in total. The van der Waals surface area contributed by atoms with Crippen LogP contribution in [0.1, 0.15) is 22.3 Å². The van der Waals surface area contributed by atoms with Crippen LogP contribution in [0.4, 0.5) is 10.5 Å². The van der Waals surface area contributed by atoms with E-state index in [1.165, 1.54) is 0 Å². The van der Waals surface area contributed by atoms with Gasteiger partial charge in [-0.3, -0.25) is 0 Å². The molecule has 0 aliphatic carbocycles. The van der Waals surface area contributed by atoms with E-state index in [1.54, 1.807) is 0 Å². The first kappa shape index (κ1) is 17.8. The summed E-state index contributed by atoms with van der Waals surface area (Å²) >= 11 is 0. The molecule has 24 heavy (non-hydrogen) atoms. The van der Waals surface area contributed by atoms with Crippen LogP contribution in [-0.2, 0) is 19.7 Å². The van der Waals surface area contributed by atoms with Gasteiger partial charge in [0.25, 0.3) is 0 Å². The standard InChI is InChI=1S/C19H25N3O2/c1-14-10-18(22(2)3)9-8-15(14)11-20-19(24)21-12-16-6-4-5-7-17(16)13-23/h4-10,23H,11-13H2,1-3H3,(H2,20,21,24). The SMILES string of the molecule is Cc1cc(N(C)C)ccc1CNC(=O)NCc1ccccc1CO. The number of amides is 2. The number of aliphatic hydroxyl groups is 1. The Morgan fingerprint density at radius 3 is 2.21 bits per heavy atom. The second-order valence-electron chi connectivity index (χ2n) is 5.97. The zero-order valence-corrected chi connectivity index (χ0v) is 14.5. The number of benzene rings is 2. The molecule has 0 aromatic heterocycles. The molecule has 2 amide bonds. The number of carbonyl (C=O) groups excluding carboxylic acids is 1. The van der Waals surface area contributed by atoms with Crippen molar-refractivity contribution in [3.63, 3.8) is 0 Å². The summed E-state index contributed by atoms with van der Waals surface area (Å²) in [4.78, 5) is 14.0. The lowest BCUT2D eigenvalue weighted by Crippen LogP contribution is -2.34. The summed E-state index contributed by atoms with van der Waals surface area (Å²) in [5, 5.41) is 15.0. The van der Waals surface area contributed by atoms with Crippen LogP contribution in [-0.4, -0.2) is 25.2 Å². The van der Waals surface area contributed by atoms with Crippen molar-refractivity contribution < 1.29 is 9.90 Å². The van der Waals surface area contributed by atoms with Gasteiger partial charge in [-0.05, 0) is 41.3 Å². The van der Waals surface area contributed by atoms with Crippen LogP contribution in [0.25, 0.3) is 0 Å². The Hall–Kier alpha value is -2.53. The third-order valence-corrected chi connectivity index (χ3v) is 4.01. The number of rotatable bonds is 6. The Morgan fingerprint density at radius 2 is 1.62 bits per heavy atom. The van der Waals surface area contributed by atoms with Crippen molar-refractivity contribution in [1.82, 2.24) is 10.6 Å². The first-order valence-electron chi connectivity index (χ1n) is 7.97. The van der Waals surface area contributed by atoms with E-state index < -0.39 is 0 Å². The van der Waals surface area contributed by atoms with Gasteiger partial charge in [-0.1, -0.05) is 30.3 Å². The molecule has 2 rings (SSSR count). The maximum Gasteiger partial charge on any atom is 0.315 e. The van der Waals surface area contributed by atoms with Crippen LogP contribution in [0.3, 0.4) is 0 Å². The minimum atomic E-state index is -0.223. The van der Waals surface area contributed by atoms with Gasteiger partial charge >= 0.3 is 6.03 Å². The third-order valence-electron chi connectivity index (χ3n) is 4.01. The van der Waals surface area contributed by atoms with E-state index in [-0.39, 0.29) is 12.6 Å². The summed E-state index contributed by atoms with van der Waals surface area (Å²) in [7, 11) is 4.01. The number of hydrogen-bond acceptors (Lipinski definition) is 3. The van der Waals surface area contributed by atoms with Crippen LogP contribution >= 0.6 is 0 Å². The second-order valence-corrected chi connectivity index (χ2v) is 5.97. The Balaban J connectivity index is 1.87. The van der Waals surface area contributed by atoms with Crippen molar-refractivity contribution >= 4 is 11.7 Å². The molecule has 0 saturated carbocycles. The lowest BCUT2D eigenvalue weighted by molar-refractivity contribution is 0.239. The van der Waals surface area contributed by atoms with E-state index in [9.17, 15) is 9.90 Å². The topological polar surface area (TPSA) is 64.6 Å². The fraction of sp³-hybridized carbons (Fsp3) is 0.316. The second kappa shape index (κ2) is 8.36. The highest BCUT2D eigenvalue weighted by molar-refractivity contribution is 5.74. The number of urea groups is 1. The minimum absolute atomic E-state index is 0.0309. The van der Waals surface area contributed by atoms with Crippen molar-refractivity contribution in [2.75, 3.05) is 19.0 Å². The van der Waals surface area contributed by atoms with Gasteiger partial charge < -0.3 is 20.6 Å². The largest absolute Gasteiger partial charge is 0.392 e. The molecule has 0 heterocycles. The molecular formula is C19H25N3O2. The summed E-state index contributed by atoms with van der Waals surface area (Å²) in [6.07, 6.45) is 0. The van der Waals surface area contributed by atoms with Gasteiger partial charge in [-0.2, -0.15) is 0 Å². The number of carbonyl (C=O) groups is 1. The van der Waals surface area contributed by atoms with Crippen molar-refractivity contribution in [3.8, 4) is 0 Å². The predicted octanol–water partition coefficient (Wildman–Crippen LogP) is 2.55. The van der Waals surface area contributed by atoms with Gasteiger partial charge in [0.1, 0.15) is 0 Å². The lowest BCUT2D eigenvalue weighted by Gasteiger charge is -2.15. The molecule has 0 fully saturated rings. The van der Waals surface area contributed by atoms with Crippen LogP contribution in [0.5, 0.6) is 0 Å². The smallest absolute Gasteiger partial charge is 0.315 e. The van der Waals surface area contributed by atoms with Gasteiger partial charge in [0.2, 0.25) is 0 Å². The first-order valence-corrected chi connectivity index (χ1v) is 7.97. The highest BCUT2D eigenvalue weighted by Crippen LogP contribution is 2.17. The van der Waals surface area contributed by atoms with Crippen LogP contribution in [0.2, 0.25) is 0 Å². The number of hydrogen-bond donors (Lipinski definition) is 3. The van der Waals surface area contributed by atoms with E-state index in [0.29, 0.717) is 13.1 Å². The monoisotopic (exact) mass is 327 g/mol. The molecule has 0 saturated heterocycles. The lowest BCUT2D eigenvalue weighted by atomic mass is 10.1. The Labute approximate surface area is 143 Å². The summed E-state index contributed by atoms with van der Waals surface area (Å²) in [6.45, 7) is 2.88. The van der Waals surface area contributed by atoms with Gasteiger partial charge in [-0.25, -0.2) is 4.79 Å². The predicted molar refractivity (Wildman–Crippen MR) is 96.9 cm³/mol. The highest BCUT2D eigenvalue weighted by atomic mass is 16.3. The van der Waals surface area contributed by atoms with E-state index in [4.69, 9.17) is 0 Å². The molecule has 0 bridgehead atoms. The molecule has 0 aliphatic rings. The number of nitrogens with one attached hydrogen (secondary N) is 2. The van der Waals surface area contributed by atoms with Crippen molar-refractivity contribution in [2.45, 2.75) is 26.6 Å². The summed E-state index contributed by atoms with van der Waals surface area (Å²) in [6, 6.07) is 13.5. The van der Waals surface area contributed by atoms with E-state index in [1.807, 2.05) is 57.4 Å². The molecule has 2 aromatic rings. The van der Waals surface area contributed by atoms with Crippen LogP contribution in [0.15, 0.2) is 42.5 Å². The fourth-order valence-electron chi connectivity index (χ4n) is 2.45. The number of nitrogens with zero attached hydrogens (tertiary/aromatic N) is 1. The summed E-state index contributed by atoms with van der Waals surface area (Å²) < 4.78 is 0. The third kappa shape index (κ3) is 4.73. The maximum atomic E-state index is 12.0. The Kier molecular flexibility index (Phi) is 6.21. The van der Waals surface area contributed by atoms with Crippen molar-refractivity contribution in [2.24, 2.45) is 0 Å². The zero-order chi connectivity index (χ0) is 17.5. The molecule has 5 heteroatoms. The molecule has 128 valence electrons. The van der Waals surface area contributed by atoms with Gasteiger partial charge in [0, 0.05) is 32.9 Å². The average Bonchev–Trinajstić information content (AvgIpc) is 2.58. The highest BCUT2D eigenvalue weighted by Gasteiger charge is 2.06. The number of aliphatic hydroxyl groups excluding tert-OH is 1. The van der Waals surface area contributed by atoms with Gasteiger partial charge in [0.15, 0.2) is 0 Å². The Bertz CT molecular complexity index is 699. The van der Waals surface area contributed by atoms with E-state index >= 15 is 0 Å². The maximum absolute atomic E-state index is 12.0. The van der Waals surface area contributed by atoms with Crippen molar-refractivity contribution in [1.29, 1.82) is 0 Å². The molecule has 2 aromatic carbocycles. The molecule has 0 unspecified atom stereocenters. The molecular weight excluding hydrogens is 302 g/mol. The Morgan fingerprint density at radius 1 is 1.00 bits per heavy atom. The quantitative estimate of drug-likeness (QED) is 0.764. The zero-order valence-electron chi connectivity index (χ0n) is 14.5. The average molecular weight is 327 g/mol. The van der Waals surface area contributed by atoms with E-state index in [2.05, 4.69) is 21.6 Å². The fourth-order valence-corrected chi connectivity index (χ4v) is 2.45. The minimum Gasteiger partial charge on any atom is -0.392 e. The first-order chi connectivity index (χ1) is 11.5. The van der Waals surface area contributed by atoms with E-state index in [0.717, 1.165) is 27.9 Å². The summed E-state index contributed by atoms with van der Waals surface area (Å²) in [5.41, 5.74) is 5.12. The van der Waals surface area contributed by atoms with Gasteiger partial charge in [0.05, 0.1) is 6.61 Å². The van der Waals surface area contributed by atoms with Gasteiger partial charge in [-0.15, -0.1) is 0 Å². The summed E-state index contributed by atoms with van der Waals surface area (Å²) in [5.74, 6) is 0. The molecule has 0 aliphatic heterocycles. The van der Waals surface area contributed by atoms with Crippen LogP contribution < -0.4 is 15.5 Å².